The van der Waals surface area contributed by atoms with Crippen molar-refractivity contribution in [1.82, 2.24) is 20.0 Å². The highest BCUT2D eigenvalue weighted by Gasteiger charge is 2.22. The maximum absolute atomic E-state index is 12.7. The van der Waals surface area contributed by atoms with Crippen LogP contribution in [0.25, 0.3) is 5.69 Å². The van der Waals surface area contributed by atoms with Crippen LogP contribution >= 0.6 is 0 Å². The summed E-state index contributed by atoms with van der Waals surface area (Å²) in [5, 5.41) is 10.7. The van der Waals surface area contributed by atoms with Gasteiger partial charge in [-0.05, 0) is 63.4 Å². The summed E-state index contributed by atoms with van der Waals surface area (Å²) in [5.74, 6) is 1.25. The van der Waals surface area contributed by atoms with E-state index < -0.39 is 0 Å². The van der Waals surface area contributed by atoms with Crippen LogP contribution in [0.15, 0.2) is 30.3 Å². The second-order valence-electron chi connectivity index (χ2n) is 10.8. The average Bonchev–Trinajstić information content (AvgIpc) is 3.27. The van der Waals surface area contributed by atoms with Gasteiger partial charge in [-0.25, -0.2) is 4.68 Å². The van der Waals surface area contributed by atoms with E-state index in [-0.39, 0.29) is 23.7 Å². The molecule has 0 aliphatic carbocycles. The highest BCUT2D eigenvalue weighted by molar-refractivity contribution is 5.90. The van der Waals surface area contributed by atoms with E-state index in [1.165, 1.54) is 25.8 Å². The van der Waals surface area contributed by atoms with E-state index in [2.05, 4.69) is 43.2 Å². The Morgan fingerprint density at radius 2 is 1.81 bits per heavy atom. The summed E-state index contributed by atoms with van der Waals surface area (Å²) in [6.45, 7) is 11.4. The molecule has 1 aromatic carbocycles. The summed E-state index contributed by atoms with van der Waals surface area (Å²) in [4.78, 5) is 27.4. The zero-order valence-corrected chi connectivity index (χ0v) is 22.6. The topological polar surface area (TPSA) is 88.5 Å². The number of nitrogens with zero attached hydrogens (tertiary/aromatic N) is 3. The molecule has 2 N–H and O–H groups in total. The van der Waals surface area contributed by atoms with Gasteiger partial charge in [0, 0.05) is 43.5 Å². The predicted molar refractivity (Wildman–Crippen MR) is 144 cm³/mol. The molecule has 1 atom stereocenters. The third-order valence-corrected chi connectivity index (χ3v) is 6.75. The molecule has 36 heavy (non-hydrogen) atoms. The van der Waals surface area contributed by atoms with Crippen molar-refractivity contribution in [2.75, 3.05) is 32.1 Å². The van der Waals surface area contributed by atoms with Crippen LogP contribution in [0.4, 0.5) is 5.82 Å². The number of benzene rings is 1. The van der Waals surface area contributed by atoms with E-state index >= 15 is 0 Å². The molecule has 0 saturated carbocycles. The summed E-state index contributed by atoms with van der Waals surface area (Å²) in [6.07, 6.45) is 5.95. The minimum atomic E-state index is -0.165. The van der Waals surface area contributed by atoms with Gasteiger partial charge >= 0.3 is 0 Å². The molecular formula is C28H43N5O3. The van der Waals surface area contributed by atoms with E-state index in [0.29, 0.717) is 31.2 Å². The molecule has 1 aromatic heterocycles. The van der Waals surface area contributed by atoms with Gasteiger partial charge < -0.3 is 20.3 Å². The number of piperidine rings is 1. The van der Waals surface area contributed by atoms with E-state index in [1.54, 1.807) is 11.8 Å². The molecule has 2 heterocycles. The zero-order valence-electron chi connectivity index (χ0n) is 22.6. The van der Waals surface area contributed by atoms with Gasteiger partial charge in [0.05, 0.1) is 18.5 Å². The Labute approximate surface area is 215 Å². The third-order valence-electron chi connectivity index (χ3n) is 6.75. The number of aromatic nitrogens is 2. The summed E-state index contributed by atoms with van der Waals surface area (Å²) in [6, 6.07) is 10.1. The Hall–Kier alpha value is -2.87. The first-order valence-electron chi connectivity index (χ1n) is 13.2. The maximum atomic E-state index is 12.7. The molecule has 0 radical (unpaired) electrons. The van der Waals surface area contributed by atoms with Crippen LogP contribution in [0.5, 0.6) is 5.75 Å². The molecule has 2 amide bonds. The van der Waals surface area contributed by atoms with E-state index in [4.69, 9.17) is 9.84 Å². The summed E-state index contributed by atoms with van der Waals surface area (Å²) in [7, 11) is 1.63. The van der Waals surface area contributed by atoms with Crippen molar-refractivity contribution in [2.45, 2.75) is 84.1 Å². The normalized spacial score (nSPS) is 16.5. The van der Waals surface area contributed by atoms with Crippen molar-refractivity contribution in [1.29, 1.82) is 0 Å². The number of hydrogen-bond donors (Lipinski definition) is 2. The van der Waals surface area contributed by atoms with Crippen LogP contribution in [0, 0.1) is 0 Å². The second-order valence-corrected chi connectivity index (χ2v) is 10.8. The zero-order chi connectivity index (χ0) is 26.1. The lowest BCUT2D eigenvalue weighted by molar-refractivity contribution is -0.121. The number of amides is 2. The van der Waals surface area contributed by atoms with Crippen molar-refractivity contribution < 1.29 is 14.3 Å². The molecule has 1 saturated heterocycles. The lowest BCUT2D eigenvalue weighted by Gasteiger charge is -2.33. The lowest BCUT2D eigenvalue weighted by Crippen LogP contribution is -2.39. The molecular weight excluding hydrogens is 454 g/mol. The van der Waals surface area contributed by atoms with Gasteiger partial charge in [-0.3, -0.25) is 9.59 Å². The van der Waals surface area contributed by atoms with Crippen LogP contribution in [-0.2, 0) is 15.0 Å². The Balaban J connectivity index is 1.46. The second kappa shape index (κ2) is 12.9. The molecule has 1 unspecified atom stereocenters. The number of rotatable bonds is 11. The Morgan fingerprint density at radius 1 is 1.08 bits per heavy atom. The number of nitrogens with one attached hydrogen (secondary N) is 2. The van der Waals surface area contributed by atoms with E-state index in [9.17, 15) is 9.59 Å². The van der Waals surface area contributed by atoms with Gasteiger partial charge in [0.1, 0.15) is 11.6 Å². The summed E-state index contributed by atoms with van der Waals surface area (Å²) < 4.78 is 7.00. The number of carbonyl (C=O) groups excluding carboxylic acids is 2. The number of anilines is 1. The monoisotopic (exact) mass is 497 g/mol. The van der Waals surface area contributed by atoms with Gasteiger partial charge in [-0.15, -0.1) is 0 Å². The largest absolute Gasteiger partial charge is 0.497 e. The highest BCUT2D eigenvalue weighted by atomic mass is 16.5. The lowest BCUT2D eigenvalue weighted by atomic mass is 9.92. The van der Waals surface area contributed by atoms with Gasteiger partial charge in [0.2, 0.25) is 11.8 Å². The number of methoxy groups -OCH3 is 1. The number of hydrogen-bond acceptors (Lipinski definition) is 5. The Bertz CT molecular complexity index is 994. The highest BCUT2D eigenvalue weighted by Crippen LogP contribution is 2.27. The third kappa shape index (κ3) is 8.08. The van der Waals surface area contributed by atoms with Crippen LogP contribution in [0.1, 0.15) is 78.3 Å². The van der Waals surface area contributed by atoms with E-state index in [1.807, 2.05) is 30.3 Å². The fourth-order valence-electron chi connectivity index (χ4n) is 4.46. The van der Waals surface area contributed by atoms with Gasteiger partial charge in [0.15, 0.2) is 0 Å². The molecule has 0 bridgehead atoms. The quantitative estimate of drug-likeness (QED) is 0.441. The average molecular weight is 498 g/mol. The van der Waals surface area contributed by atoms with Crippen LogP contribution in [0.3, 0.4) is 0 Å². The molecule has 2 aromatic rings. The summed E-state index contributed by atoms with van der Waals surface area (Å²) in [5.41, 5.74) is 1.55. The van der Waals surface area contributed by atoms with Gasteiger partial charge in [0.25, 0.3) is 0 Å². The summed E-state index contributed by atoms with van der Waals surface area (Å²) >= 11 is 0. The number of ether oxygens (including phenoxy) is 1. The molecule has 8 nitrogen and oxygen atoms in total. The fourth-order valence-corrected chi connectivity index (χ4v) is 4.46. The van der Waals surface area contributed by atoms with Crippen molar-refractivity contribution >= 4 is 17.6 Å². The molecule has 1 fully saturated rings. The Kier molecular flexibility index (Phi) is 9.93. The maximum Gasteiger partial charge on any atom is 0.225 e. The SMILES string of the molecule is COc1ccc(-n2nc(C(C)(C)C)cc2NC(=O)CCCC(=O)NCCCN2CCCCC2C)cc1. The first kappa shape index (κ1) is 27.7. The number of likely N-dealkylation sites (tertiary alicyclic amines) is 1. The number of carbonyl (C=O) groups is 2. The van der Waals surface area contributed by atoms with Crippen LogP contribution < -0.4 is 15.4 Å². The molecule has 0 spiro atoms. The smallest absolute Gasteiger partial charge is 0.225 e. The molecule has 1 aliphatic heterocycles. The molecule has 3 rings (SSSR count). The van der Waals surface area contributed by atoms with E-state index in [0.717, 1.165) is 30.1 Å². The van der Waals surface area contributed by atoms with Gasteiger partial charge in [-0.1, -0.05) is 27.2 Å². The molecule has 1 aliphatic rings. The van der Waals surface area contributed by atoms with Crippen LogP contribution in [0.2, 0.25) is 0 Å². The molecule has 198 valence electrons. The van der Waals surface area contributed by atoms with Gasteiger partial charge in [-0.2, -0.15) is 5.10 Å². The van der Waals surface area contributed by atoms with Crippen molar-refractivity contribution in [3.63, 3.8) is 0 Å². The minimum Gasteiger partial charge on any atom is -0.497 e. The predicted octanol–water partition coefficient (Wildman–Crippen LogP) is 4.67. The fraction of sp³-hybridized carbons (Fsp3) is 0.607. The van der Waals surface area contributed by atoms with Crippen LogP contribution in [-0.4, -0.2) is 59.3 Å². The Morgan fingerprint density at radius 3 is 2.47 bits per heavy atom. The minimum absolute atomic E-state index is 0.00721. The van der Waals surface area contributed by atoms with Crippen molar-refractivity contribution in [3.8, 4) is 11.4 Å². The standard InChI is InChI=1S/C28H43N5O3/c1-21-10-6-7-18-32(21)19-9-17-29-26(34)11-8-12-27(35)30-25-20-24(28(2,3)4)31-33(25)22-13-15-23(36-5)16-14-22/h13-16,20-21H,6-12,17-19H2,1-5H3,(H,29,34)(H,30,35). The first-order chi connectivity index (χ1) is 17.2. The van der Waals surface area contributed by atoms with Crippen molar-refractivity contribution in [2.24, 2.45) is 0 Å². The molecule has 8 heteroatoms. The van der Waals surface area contributed by atoms with Crippen molar-refractivity contribution in [3.05, 3.63) is 36.0 Å². The first-order valence-corrected chi connectivity index (χ1v) is 13.2.